The molecule has 0 N–H and O–H groups in total. The van der Waals surface area contributed by atoms with Gasteiger partial charge in [0, 0.05) is 11.1 Å². The highest BCUT2D eigenvalue weighted by Gasteiger charge is 2.19. The molecule has 24 heavy (non-hydrogen) atoms. The molecule has 0 radical (unpaired) electrons. The van der Waals surface area contributed by atoms with Crippen LogP contribution >= 0.6 is 0 Å². The maximum absolute atomic E-state index is 5.45. The van der Waals surface area contributed by atoms with Crippen molar-refractivity contribution in [2.24, 2.45) is 5.92 Å². The lowest BCUT2D eigenvalue weighted by Gasteiger charge is -2.26. The van der Waals surface area contributed by atoms with Gasteiger partial charge in [0.05, 0.1) is 6.61 Å². The van der Waals surface area contributed by atoms with Crippen molar-refractivity contribution in [2.45, 2.75) is 45.4 Å². The van der Waals surface area contributed by atoms with Crippen LogP contribution in [0.4, 0.5) is 0 Å². The Balaban J connectivity index is 1.64. The fourth-order valence-corrected chi connectivity index (χ4v) is 3.38. The maximum atomic E-state index is 5.45. The molecule has 2 aromatic carbocycles. The number of hydrogen-bond donors (Lipinski definition) is 0. The molecule has 0 atom stereocenters. The molecule has 2 aromatic rings. The highest BCUT2D eigenvalue weighted by molar-refractivity contribution is 5.45. The van der Waals surface area contributed by atoms with E-state index in [1.807, 2.05) is 31.2 Å². The normalized spacial score (nSPS) is 20.1. The summed E-state index contributed by atoms with van der Waals surface area (Å²) in [5.41, 5.74) is 3.58. The van der Waals surface area contributed by atoms with E-state index in [1.165, 1.54) is 31.2 Å². The van der Waals surface area contributed by atoms with Crippen molar-refractivity contribution < 1.29 is 4.74 Å². The van der Waals surface area contributed by atoms with Crippen LogP contribution in [0.15, 0.2) is 48.5 Å². The lowest BCUT2D eigenvalue weighted by Crippen LogP contribution is -2.10. The highest BCUT2D eigenvalue weighted by Crippen LogP contribution is 2.35. The summed E-state index contributed by atoms with van der Waals surface area (Å²) in [6.07, 6.45) is 5.39. The van der Waals surface area contributed by atoms with Gasteiger partial charge in [0.25, 0.3) is 0 Å². The molecule has 0 spiro atoms. The SMILES string of the molecule is CCOc1ccc(C#Cc2ccc([C@H]3CC[C@H](C)CC3)cc2)cc1. The van der Waals surface area contributed by atoms with Crippen molar-refractivity contribution in [1.29, 1.82) is 0 Å². The van der Waals surface area contributed by atoms with Gasteiger partial charge in [-0.2, -0.15) is 0 Å². The maximum Gasteiger partial charge on any atom is 0.119 e. The summed E-state index contributed by atoms with van der Waals surface area (Å²) in [5, 5.41) is 0. The van der Waals surface area contributed by atoms with E-state index in [0.717, 1.165) is 28.7 Å². The molecule has 1 aliphatic carbocycles. The molecule has 0 aliphatic heterocycles. The van der Waals surface area contributed by atoms with Gasteiger partial charge in [0.1, 0.15) is 5.75 Å². The Hall–Kier alpha value is -2.20. The fourth-order valence-electron chi connectivity index (χ4n) is 3.38. The minimum Gasteiger partial charge on any atom is -0.494 e. The third-order valence-corrected chi connectivity index (χ3v) is 4.91. The van der Waals surface area contributed by atoms with Gasteiger partial charge in [-0.3, -0.25) is 0 Å². The number of hydrogen-bond acceptors (Lipinski definition) is 1. The van der Waals surface area contributed by atoms with Gasteiger partial charge >= 0.3 is 0 Å². The molecule has 0 amide bonds. The number of rotatable bonds is 3. The lowest BCUT2D eigenvalue weighted by atomic mass is 9.79. The van der Waals surface area contributed by atoms with Crippen LogP contribution in [-0.4, -0.2) is 6.61 Å². The molecule has 1 heteroatoms. The number of benzene rings is 2. The van der Waals surface area contributed by atoms with Crippen LogP contribution in [0, 0.1) is 17.8 Å². The second-order valence-corrected chi connectivity index (χ2v) is 6.79. The Morgan fingerprint density at radius 1 is 0.833 bits per heavy atom. The van der Waals surface area contributed by atoms with Crippen molar-refractivity contribution in [3.8, 4) is 17.6 Å². The van der Waals surface area contributed by atoms with Crippen molar-refractivity contribution in [2.75, 3.05) is 6.61 Å². The fraction of sp³-hybridized carbons (Fsp3) is 0.391. The van der Waals surface area contributed by atoms with E-state index < -0.39 is 0 Å². The summed E-state index contributed by atoms with van der Waals surface area (Å²) in [5.74, 6) is 9.03. The highest BCUT2D eigenvalue weighted by atomic mass is 16.5. The number of ether oxygens (including phenoxy) is 1. The molecule has 124 valence electrons. The van der Waals surface area contributed by atoms with Crippen molar-refractivity contribution in [3.05, 3.63) is 65.2 Å². The molecule has 0 bridgehead atoms. The first kappa shape index (κ1) is 16.7. The van der Waals surface area contributed by atoms with Gasteiger partial charge < -0.3 is 4.74 Å². The Kier molecular flexibility index (Phi) is 5.59. The Labute approximate surface area is 146 Å². The van der Waals surface area contributed by atoms with Crippen LogP contribution < -0.4 is 4.74 Å². The van der Waals surface area contributed by atoms with Gasteiger partial charge in [-0.05, 0) is 73.6 Å². The average molecular weight is 318 g/mol. The summed E-state index contributed by atoms with van der Waals surface area (Å²) in [6.45, 7) is 5.05. The van der Waals surface area contributed by atoms with E-state index in [1.54, 1.807) is 0 Å². The molecule has 0 unspecified atom stereocenters. The van der Waals surface area contributed by atoms with Crippen LogP contribution in [-0.2, 0) is 0 Å². The van der Waals surface area contributed by atoms with Crippen LogP contribution in [0.1, 0.15) is 62.1 Å². The van der Waals surface area contributed by atoms with E-state index in [0.29, 0.717) is 6.61 Å². The Morgan fingerprint density at radius 3 is 1.92 bits per heavy atom. The third kappa shape index (κ3) is 4.42. The van der Waals surface area contributed by atoms with Crippen molar-refractivity contribution in [3.63, 3.8) is 0 Å². The zero-order valence-corrected chi connectivity index (χ0v) is 14.7. The van der Waals surface area contributed by atoms with E-state index in [4.69, 9.17) is 4.74 Å². The molecule has 0 heterocycles. The van der Waals surface area contributed by atoms with Gasteiger partial charge in [-0.15, -0.1) is 0 Å². The predicted molar refractivity (Wildman–Crippen MR) is 100 cm³/mol. The van der Waals surface area contributed by atoms with E-state index in [-0.39, 0.29) is 0 Å². The molecule has 1 aliphatic rings. The topological polar surface area (TPSA) is 9.23 Å². The Morgan fingerprint density at radius 2 is 1.38 bits per heavy atom. The summed E-state index contributed by atoms with van der Waals surface area (Å²) < 4.78 is 5.45. The summed E-state index contributed by atoms with van der Waals surface area (Å²) >= 11 is 0. The van der Waals surface area contributed by atoms with Crippen LogP contribution in [0.25, 0.3) is 0 Å². The first-order valence-electron chi connectivity index (χ1n) is 9.09. The zero-order chi connectivity index (χ0) is 16.8. The second kappa shape index (κ2) is 8.06. The Bertz CT molecular complexity index is 692. The monoisotopic (exact) mass is 318 g/mol. The van der Waals surface area contributed by atoms with Gasteiger partial charge in [0.15, 0.2) is 0 Å². The predicted octanol–water partition coefficient (Wildman–Crippen LogP) is 5.78. The first-order valence-corrected chi connectivity index (χ1v) is 9.09. The quantitative estimate of drug-likeness (QED) is 0.652. The molecular weight excluding hydrogens is 292 g/mol. The summed E-state index contributed by atoms with van der Waals surface area (Å²) in [7, 11) is 0. The lowest BCUT2D eigenvalue weighted by molar-refractivity contribution is 0.340. The molecular formula is C23H26O. The van der Waals surface area contributed by atoms with E-state index in [2.05, 4.69) is 43.0 Å². The van der Waals surface area contributed by atoms with Crippen molar-refractivity contribution >= 4 is 0 Å². The molecule has 1 saturated carbocycles. The molecule has 3 rings (SSSR count). The van der Waals surface area contributed by atoms with E-state index in [9.17, 15) is 0 Å². The van der Waals surface area contributed by atoms with Crippen LogP contribution in [0.5, 0.6) is 5.75 Å². The summed E-state index contributed by atoms with van der Waals surface area (Å²) in [4.78, 5) is 0. The van der Waals surface area contributed by atoms with E-state index >= 15 is 0 Å². The zero-order valence-electron chi connectivity index (χ0n) is 14.7. The minimum absolute atomic E-state index is 0.692. The minimum atomic E-state index is 0.692. The van der Waals surface area contributed by atoms with Crippen LogP contribution in [0.3, 0.4) is 0 Å². The summed E-state index contributed by atoms with van der Waals surface area (Å²) in [6, 6.07) is 16.8. The van der Waals surface area contributed by atoms with Gasteiger partial charge in [0.2, 0.25) is 0 Å². The van der Waals surface area contributed by atoms with Gasteiger partial charge in [-0.1, -0.05) is 43.7 Å². The average Bonchev–Trinajstić information content (AvgIpc) is 2.63. The van der Waals surface area contributed by atoms with Crippen molar-refractivity contribution in [1.82, 2.24) is 0 Å². The standard InChI is InChI=1S/C23H26O/c1-3-24-23-16-10-20(11-17-23)7-6-19-8-14-22(15-9-19)21-12-4-18(2)5-13-21/h8-11,14-18,21H,3-5,12-13H2,1-2H3/t18-,21-. The van der Waals surface area contributed by atoms with Gasteiger partial charge in [-0.25, -0.2) is 0 Å². The molecule has 1 nitrogen and oxygen atoms in total. The van der Waals surface area contributed by atoms with Crippen LogP contribution in [0.2, 0.25) is 0 Å². The molecule has 0 aromatic heterocycles. The first-order chi connectivity index (χ1) is 11.7. The largest absolute Gasteiger partial charge is 0.494 e. The second-order valence-electron chi connectivity index (χ2n) is 6.79. The molecule has 0 saturated heterocycles. The third-order valence-electron chi connectivity index (χ3n) is 4.91. The smallest absolute Gasteiger partial charge is 0.119 e. The molecule has 1 fully saturated rings.